The second-order valence-electron chi connectivity index (χ2n) is 0.167. The van der Waals surface area contributed by atoms with Crippen molar-refractivity contribution >= 4 is 33.6 Å². The number of halogens is 2. The van der Waals surface area contributed by atoms with Gasteiger partial charge in [0.05, 0.1) is 6.34 Å². The summed E-state index contributed by atoms with van der Waals surface area (Å²) >= 11 is 0. The average Bonchev–Trinajstić information content (AvgIpc) is 0.918. The third-order valence-electron chi connectivity index (χ3n) is 0. The molecule has 2 radical (unpaired) electrons. The fraction of sp³-hybridized carbons (Fsp3) is 0. The molecule has 0 aromatic rings. The molecule has 6 heteroatoms. The Hall–Kier alpha value is 3.46. The van der Waals surface area contributed by atoms with Crippen LogP contribution in [0.1, 0.15) is 0 Å². The summed E-state index contributed by atoms with van der Waals surface area (Å²) < 4.78 is 0. The molecule has 3 N–H and O–H groups in total. The Kier molecular flexibility index (Phi) is 153. The quantitative estimate of drug-likeness (QED) is 0.135. The van der Waals surface area contributed by atoms with E-state index in [4.69, 9.17) is 5.41 Å². The van der Waals surface area contributed by atoms with E-state index in [-0.39, 0.29) is 133 Å². The molecule has 0 saturated carbocycles. The molecular formula is CH4ClCsIN2Pb+. The van der Waals surface area contributed by atoms with Crippen LogP contribution >= 0.6 is 0 Å². The third-order valence-corrected chi connectivity index (χ3v) is 0. The van der Waals surface area contributed by atoms with Gasteiger partial charge in [-0.3, -0.25) is 5.41 Å². The van der Waals surface area contributed by atoms with Crippen molar-refractivity contribution in [3.05, 3.63) is 0 Å². The molecule has 0 spiro atoms. The van der Waals surface area contributed by atoms with Gasteiger partial charge in [-0.2, -0.15) is 0 Å². The van der Waals surface area contributed by atoms with Crippen molar-refractivity contribution in [1.82, 2.24) is 0 Å². The Morgan fingerprint density at radius 3 is 1.43 bits per heavy atom. The molecule has 2 nitrogen and oxygen atoms in total. The van der Waals surface area contributed by atoms with Crippen molar-refractivity contribution in [2.75, 3.05) is 0 Å². The van der Waals surface area contributed by atoms with Crippen molar-refractivity contribution in [3.8, 4) is 0 Å². The molecular weight excluding hydrogens is 542 g/mol. The van der Waals surface area contributed by atoms with E-state index in [0.717, 1.165) is 6.34 Å². The molecule has 0 fully saturated rings. The molecule has 0 aromatic heterocycles. The van der Waals surface area contributed by atoms with Crippen molar-refractivity contribution in [1.29, 1.82) is 5.41 Å². The normalized spacial score (nSPS) is 1.71. The molecule has 0 aliphatic heterocycles. The fourth-order valence-electron chi connectivity index (χ4n) is 0. The maximum Gasteiger partial charge on any atom is 2.00 e. The molecule has 36 valence electrons. The van der Waals surface area contributed by atoms with E-state index in [1.807, 2.05) is 0 Å². The Morgan fingerprint density at radius 2 is 1.43 bits per heavy atom. The van der Waals surface area contributed by atoms with Gasteiger partial charge in [-0.15, -0.1) is 0 Å². The molecule has 0 aliphatic carbocycles. The number of hydrogen-bond acceptors (Lipinski definition) is 1. The summed E-state index contributed by atoms with van der Waals surface area (Å²) in [4.78, 5) is 0. The Morgan fingerprint density at radius 1 is 1.43 bits per heavy atom. The number of hydrogen-bond donors (Lipinski definition) is 2. The van der Waals surface area contributed by atoms with E-state index < -0.39 is 0 Å². The monoisotopic (exact) mass is 547 g/mol. The SMILES string of the molecule is N=CN.[Cl-].[Cs+].[I-].[Pb+2]. The Bertz CT molecular complexity index is 25.2. The third kappa shape index (κ3) is 43.9. The van der Waals surface area contributed by atoms with Crippen LogP contribution in [0.5, 0.6) is 0 Å². The summed E-state index contributed by atoms with van der Waals surface area (Å²) in [7, 11) is 0. The summed E-state index contributed by atoms with van der Waals surface area (Å²) in [5.41, 5.74) is 4.39. The first-order chi connectivity index (χ1) is 1.41. The minimum absolute atomic E-state index is 0. The van der Waals surface area contributed by atoms with Gasteiger partial charge in [0.1, 0.15) is 0 Å². The maximum absolute atomic E-state index is 5.86. The van der Waals surface area contributed by atoms with Gasteiger partial charge in [0.2, 0.25) is 0 Å². The topological polar surface area (TPSA) is 49.9 Å². The van der Waals surface area contributed by atoms with Crippen LogP contribution in [0, 0.1) is 5.41 Å². The van der Waals surface area contributed by atoms with Crippen molar-refractivity contribution in [2.24, 2.45) is 5.73 Å². The van der Waals surface area contributed by atoms with Crippen LogP contribution in [0.15, 0.2) is 0 Å². The maximum atomic E-state index is 5.86. The molecule has 7 heavy (non-hydrogen) atoms. The molecule has 0 aromatic carbocycles. The number of nitrogens with two attached hydrogens (primary N) is 1. The van der Waals surface area contributed by atoms with E-state index in [0.29, 0.717) is 0 Å². The van der Waals surface area contributed by atoms with E-state index in [1.54, 1.807) is 0 Å². The van der Waals surface area contributed by atoms with Gasteiger partial charge in [0.15, 0.2) is 0 Å². The predicted octanol–water partition coefficient (Wildman–Crippen LogP) is -9.82. The predicted molar refractivity (Wildman–Crippen MR) is 18.7 cm³/mol. The minimum atomic E-state index is 0. The van der Waals surface area contributed by atoms with Gasteiger partial charge in [-0.05, 0) is 0 Å². The molecule has 0 unspecified atom stereocenters. The van der Waals surface area contributed by atoms with Crippen molar-refractivity contribution in [2.45, 2.75) is 0 Å². The van der Waals surface area contributed by atoms with Crippen LogP contribution in [-0.2, 0) is 0 Å². The van der Waals surface area contributed by atoms with Crippen LogP contribution in [0.4, 0.5) is 0 Å². The van der Waals surface area contributed by atoms with Gasteiger partial charge >= 0.3 is 96.2 Å². The van der Waals surface area contributed by atoms with Gasteiger partial charge in [-0.25, -0.2) is 0 Å². The zero-order valence-corrected chi connectivity index (χ0v) is 17.0. The minimum Gasteiger partial charge on any atom is -1.00 e. The molecule has 0 aliphatic rings. The molecule has 0 bridgehead atoms. The zero-order chi connectivity index (χ0) is 2.71. The smallest absolute Gasteiger partial charge is 1.00 e. The number of nitrogens with one attached hydrogen (secondary N) is 1. The van der Waals surface area contributed by atoms with Crippen LogP contribution in [0.3, 0.4) is 0 Å². The van der Waals surface area contributed by atoms with Crippen LogP contribution in [0.25, 0.3) is 0 Å². The standard InChI is InChI=1S/CH4N2.ClH.Cs.HI.Pb/c2-1-3;;;;/h1H,(H3,2,3);1H;;1H;/q;;+1;;+2/p-2. The fourth-order valence-corrected chi connectivity index (χ4v) is 0. The average molecular weight is 547 g/mol. The summed E-state index contributed by atoms with van der Waals surface area (Å²) in [6, 6.07) is 0. The summed E-state index contributed by atoms with van der Waals surface area (Å²) in [6.07, 6.45) is 0.750. The Labute approximate surface area is 146 Å². The van der Waals surface area contributed by atoms with E-state index in [2.05, 4.69) is 5.73 Å². The van der Waals surface area contributed by atoms with Crippen LogP contribution in [-0.4, -0.2) is 33.6 Å². The summed E-state index contributed by atoms with van der Waals surface area (Å²) in [6.45, 7) is 0. The van der Waals surface area contributed by atoms with Crippen molar-refractivity contribution < 1.29 is 105 Å². The molecule has 0 heterocycles. The van der Waals surface area contributed by atoms with Crippen LogP contribution in [0.2, 0.25) is 0 Å². The van der Waals surface area contributed by atoms with Crippen molar-refractivity contribution in [3.63, 3.8) is 0 Å². The Balaban J connectivity index is -0.00000000333. The van der Waals surface area contributed by atoms with Gasteiger partial charge in [-0.1, -0.05) is 0 Å². The first-order valence-corrected chi connectivity index (χ1v) is 0.622. The first-order valence-electron chi connectivity index (χ1n) is 0.622. The van der Waals surface area contributed by atoms with E-state index >= 15 is 0 Å². The van der Waals surface area contributed by atoms with E-state index in [1.165, 1.54) is 0 Å². The first kappa shape index (κ1) is 31.4. The number of rotatable bonds is 0. The summed E-state index contributed by atoms with van der Waals surface area (Å²) in [5, 5.41) is 5.86. The van der Waals surface area contributed by atoms with E-state index in [9.17, 15) is 0 Å². The molecule has 0 rings (SSSR count). The molecule has 0 amide bonds. The zero-order valence-electron chi connectivity index (χ0n) is 3.91. The largest absolute Gasteiger partial charge is 2.00 e. The molecule has 0 atom stereocenters. The van der Waals surface area contributed by atoms with Crippen LogP contribution < -0.4 is 111 Å². The van der Waals surface area contributed by atoms with Gasteiger partial charge in [0.25, 0.3) is 0 Å². The second kappa shape index (κ2) is 34.0. The van der Waals surface area contributed by atoms with Gasteiger partial charge < -0.3 is 42.1 Å². The van der Waals surface area contributed by atoms with Gasteiger partial charge in [0, 0.05) is 0 Å². The summed E-state index contributed by atoms with van der Waals surface area (Å²) in [5.74, 6) is 0. The molecule has 0 saturated heterocycles. The second-order valence-corrected chi connectivity index (χ2v) is 0.167.